The lowest BCUT2D eigenvalue weighted by Crippen LogP contribution is -2.26. The maximum atomic E-state index is 13.0. The minimum Gasteiger partial charge on any atom is -0.383 e. The summed E-state index contributed by atoms with van der Waals surface area (Å²) < 4.78 is 13.0. The number of amides is 1. The van der Waals surface area contributed by atoms with Gasteiger partial charge in [-0.3, -0.25) is 4.79 Å². The average molecular weight is 311 g/mol. The van der Waals surface area contributed by atoms with E-state index in [0.29, 0.717) is 16.8 Å². The minimum absolute atomic E-state index is 0.358. The van der Waals surface area contributed by atoms with Gasteiger partial charge in [0.2, 0.25) is 6.10 Å². The Morgan fingerprint density at radius 1 is 1.35 bits per heavy atom. The van der Waals surface area contributed by atoms with Gasteiger partial charge in [-0.05, 0) is 36.8 Å². The highest BCUT2D eigenvalue weighted by molar-refractivity contribution is 5.95. The van der Waals surface area contributed by atoms with E-state index in [4.69, 9.17) is 10.1 Å². The number of nitrogens with one attached hydrogen (secondary N) is 1. The predicted molar refractivity (Wildman–Crippen MR) is 84.3 cm³/mol. The largest absolute Gasteiger partial charge is 0.383 e. The third-order valence-electron chi connectivity index (χ3n) is 2.94. The van der Waals surface area contributed by atoms with E-state index in [2.05, 4.69) is 10.5 Å². The second-order valence-electron chi connectivity index (χ2n) is 4.68. The molecule has 0 unspecified atom stereocenters. The van der Waals surface area contributed by atoms with Crippen molar-refractivity contribution in [1.82, 2.24) is 0 Å². The molecule has 2 rings (SSSR count). The molecular formula is C17H14FN3O2. The number of oxime groups is 1. The number of benzene rings is 2. The Hall–Kier alpha value is -3.20. The first kappa shape index (κ1) is 16.2. The number of nitriles is 1. The summed E-state index contributed by atoms with van der Waals surface area (Å²) in [6, 6.07) is 14.4. The first-order chi connectivity index (χ1) is 11.1. The fourth-order valence-electron chi connectivity index (χ4n) is 1.74. The van der Waals surface area contributed by atoms with Gasteiger partial charge in [0.25, 0.3) is 5.91 Å². The zero-order valence-electron chi connectivity index (χ0n) is 12.4. The molecule has 23 heavy (non-hydrogen) atoms. The Morgan fingerprint density at radius 3 is 2.87 bits per heavy atom. The molecule has 0 saturated heterocycles. The summed E-state index contributed by atoms with van der Waals surface area (Å²) in [6.07, 6.45) is 0.447. The zero-order valence-corrected chi connectivity index (χ0v) is 12.4. The van der Waals surface area contributed by atoms with Crippen LogP contribution < -0.4 is 5.32 Å². The number of rotatable bonds is 5. The van der Waals surface area contributed by atoms with E-state index in [-0.39, 0.29) is 5.82 Å². The summed E-state index contributed by atoms with van der Waals surface area (Å²) in [5, 5.41) is 15.2. The molecule has 6 heteroatoms. The quantitative estimate of drug-likeness (QED) is 0.681. The van der Waals surface area contributed by atoms with Crippen molar-refractivity contribution in [2.24, 2.45) is 5.16 Å². The molecule has 1 N–H and O–H groups in total. The Labute approximate surface area is 133 Å². The Morgan fingerprint density at radius 2 is 2.13 bits per heavy atom. The van der Waals surface area contributed by atoms with Crippen molar-refractivity contribution in [3.63, 3.8) is 0 Å². The molecule has 0 spiro atoms. The summed E-state index contributed by atoms with van der Waals surface area (Å²) in [5.74, 6) is -0.822. The number of anilines is 1. The van der Waals surface area contributed by atoms with Crippen molar-refractivity contribution in [1.29, 1.82) is 5.26 Å². The smallest absolute Gasteiger partial charge is 0.268 e. The highest BCUT2D eigenvalue weighted by atomic mass is 19.1. The van der Waals surface area contributed by atoms with E-state index in [9.17, 15) is 9.18 Å². The molecule has 0 saturated carbocycles. The second-order valence-corrected chi connectivity index (χ2v) is 4.68. The molecule has 0 aliphatic heterocycles. The van der Waals surface area contributed by atoms with Crippen LogP contribution in [-0.4, -0.2) is 18.2 Å². The van der Waals surface area contributed by atoms with Gasteiger partial charge < -0.3 is 10.2 Å². The van der Waals surface area contributed by atoms with Gasteiger partial charge in [0.05, 0.1) is 17.5 Å². The summed E-state index contributed by atoms with van der Waals surface area (Å²) in [6.45, 7) is 1.52. The lowest BCUT2D eigenvalue weighted by Gasteiger charge is -2.11. The van der Waals surface area contributed by atoms with E-state index in [1.54, 1.807) is 36.4 Å². The molecule has 0 aliphatic rings. The van der Waals surface area contributed by atoms with Crippen molar-refractivity contribution in [3.05, 3.63) is 65.5 Å². The van der Waals surface area contributed by atoms with Gasteiger partial charge in [0, 0.05) is 0 Å². The normalized spacial score (nSPS) is 11.7. The van der Waals surface area contributed by atoms with Crippen molar-refractivity contribution in [2.75, 3.05) is 5.32 Å². The molecule has 0 bridgehead atoms. The van der Waals surface area contributed by atoms with Gasteiger partial charge in [-0.2, -0.15) is 5.26 Å². The number of nitrogens with zero attached hydrogens (tertiary/aromatic N) is 2. The maximum absolute atomic E-state index is 13.0. The fraction of sp³-hybridized carbons (Fsp3) is 0.118. The van der Waals surface area contributed by atoms with E-state index >= 15 is 0 Å². The average Bonchev–Trinajstić information content (AvgIpc) is 2.55. The van der Waals surface area contributed by atoms with Crippen LogP contribution in [0, 0.1) is 17.1 Å². The Kier molecular flexibility index (Phi) is 5.42. The van der Waals surface area contributed by atoms with Crippen LogP contribution in [0.25, 0.3) is 0 Å². The van der Waals surface area contributed by atoms with Gasteiger partial charge in [0.1, 0.15) is 11.9 Å². The zero-order chi connectivity index (χ0) is 16.7. The van der Waals surface area contributed by atoms with Crippen LogP contribution in [0.1, 0.15) is 18.1 Å². The van der Waals surface area contributed by atoms with E-state index in [1.165, 1.54) is 25.3 Å². The number of hydrogen-bond acceptors (Lipinski definition) is 4. The van der Waals surface area contributed by atoms with Crippen LogP contribution in [0.5, 0.6) is 0 Å². The third kappa shape index (κ3) is 4.64. The topological polar surface area (TPSA) is 74.5 Å². The molecule has 2 aromatic carbocycles. The molecule has 1 amide bonds. The van der Waals surface area contributed by atoms with E-state index in [1.807, 2.05) is 6.07 Å². The number of carbonyl (C=O) groups excluding carboxylic acids is 1. The van der Waals surface area contributed by atoms with Crippen molar-refractivity contribution < 1.29 is 14.0 Å². The van der Waals surface area contributed by atoms with Crippen molar-refractivity contribution in [2.45, 2.75) is 13.0 Å². The van der Waals surface area contributed by atoms with E-state index in [0.717, 1.165) is 0 Å². The van der Waals surface area contributed by atoms with Gasteiger partial charge >= 0.3 is 0 Å². The van der Waals surface area contributed by atoms with Crippen LogP contribution in [-0.2, 0) is 9.63 Å². The number of halogens is 1. The molecule has 0 heterocycles. The van der Waals surface area contributed by atoms with Crippen LogP contribution in [0.15, 0.2) is 53.7 Å². The monoisotopic (exact) mass is 311 g/mol. The lowest BCUT2D eigenvalue weighted by molar-refractivity contribution is -0.126. The minimum atomic E-state index is -0.869. The lowest BCUT2D eigenvalue weighted by atomic mass is 10.2. The first-order valence-electron chi connectivity index (χ1n) is 6.85. The second kappa shape index (κ2) is 7.71. The molecule has 116 valence electrons. The molecule has 0 radical (unpaired) electrons. The molecule has 0 aliphatic carbocycles. The van der Waals surface area contributed by atoms with Gasteiger partial charge in [-0.15, -0.1) is 0 Å². The van der Waals surface area contributed by atoms with Crippen LogP contribution in [0.2, 0.25) is 0 Å². The molecule has 0 fully saturated rings. The predicted octanol–water partition coefficient (Wildman–Crippen LogP) is 3.08. The Balaban J connectivity index is 1.94. The number of hydrogen-bond donors (Lipinski definition) is 1. The number of carbonyl (C=O) groups is 1. The molecule has 5 nitrogen and oxygen atoms in total. The highest BCUT2D eigenvalue weighted by Gasteiger charge is 2.15. The number of para-hydroxylation sites is 1. The van der Waals surface area contributed by atoms with Crippen LogP contribution >= 0.6 is 0 Å². The molecule has 1 atom stereocenters. The summed E-state index contributed by atoms with van der Waals surface area (Å²) in [5.41, 5.74) is 1.29. The van der Waals surface area contributed by atoms with Crippen LogP contribution in [0.3, 0.4) is 0 Å². The fourth-order valence-corrected chi connectivity index (χ4v) is 1.74. The standard InChI is InChI=1S/C17H14FN3O2/c1-12(23-20-11-13-5-4-7-15(18)9-13)17(22)21-16-8-3-2-6-14(16)10-19/h2-9,11-12H,1H3,(H,21,22)/b20-11-/t12-/m1/s1. The third-order valence-corrected chi connectivity index (χ3v) is 2.94. The van der Waals surface area contributed by atoms with Gasteiger partial charge in [-0.1, -0.05) is 29.4 Å². The first-order valence-corrected chi connectivity index (χ1v) is 6.85. The molecular weight excluding hydrogens is 297 g/mol. The van der Waals surface area contributed by atoms with Crippen molar-refractivity contribution in [3.8, 4) is 6.07 Å². The van der Waals surface area contributed by atoms with E-state index < -0.39 is 12.0 Å². The Bertz CT molecular complexity index is 768. The summed E-state index contributed by atoms with van der Waals surface area (Å²) in [7, 11) is 0. The SMILES string of the molecule is C[C@@H](O/N=C\c1cccc(F)c1)C(=O)Nc1ccccc1C#N. The van der Waals surface area contributed by atoms with Crippen molar-refractivity contribution >= 4 is 17.8 Å². The highest BCUT2D eigenvalue weighted by Crippen LogP contribution is 2.14. The summed E-state index contributed by atoms with van der Waals surface area (Å²) in [4.78, 5) is 17.0. The maximum Gasteiger partial charge on any atom is 0.268 e. The summed E-state index contributed by atoms with van der Waals surface area (Å²) >= 11 is 0. The molecule has 2 aromatic rings. The van der Waals surface area contributed by atoms with Gasteiger partial charge in [0.15, 0.2) is 0 Å². The van der Waals surface area contributed by atoms with Crippen LogP contribution in [0.4, 0.5) is 10.1 Å². The van der Waals surface area contributed by atoms with Gasteiger partial charge in [-0.25, -0.2) is 4.39 Å². The molecule has 0 aromatic heterocycles.